The molecule has 0 radical (unpaired) electrons. The molecule has 0 amide bonds. The molecular weight excluding hydrogens is 263 g/mol. The molecule has 92 valence electrons. The standard InChI is InChI=1S/C12H12Cl2O3/c13-8-2-1-3-9(11(8)14)17-7-12(4-5-12)6-10(15)16/h1-3H,4-7H2,(H,15,16). The lowest BCUT2D eigenvalue weighted by molar-refractivity contribution is -0.138. The maximum Gasteiger partial charge on any atom is 0.304 e. The van der Waals surface area contributed by atoms with Gasteiger partial charge in [-0.1, -0.05) is 29.3 Å². The Hall–Kier alpha value is -0.930. The third-order valence-electron chi connectivity index (χ3n) is 2.93. The number of ether oxygens (including phenoxy) is 1. The average Bonchev–Trinajstić information content (AvgIpc) is 3.00. The van der Waals surface area contributed by atoms with E-state index in [1.807, 2.05) is 0 Å². The van der Waals surface area contributed by atoms with Gasteiger partial charge in [-0.2, -0.15) is 0 Å². The van der Waals surface area contributed by atoms with Gasteiger partial charge in [0.2, 0.25) is 0 Å². The summed E-state index contributed by atoms with van der Waals surface area (Å²) in [4.78, 5) is 10.7. The van der Waals surface area contributed by atoms with Gasteiger partial charge in [0.15, 0.2) is 0 Å². The van der Waals surface area contributed by atoms with Crippen LogP contribution >= 0.6 is 23.2 Å². The summed E-state index contributed by atoms with van der Waals surface area (Å²) in [5.74, 6) is -0.279. The minimum absolute atomic E-state index is 0.144. The van der Waals surface area contributed by atoms with E-state index in [1.54, 1.807) is 18.2 Å². The van der Waals surface area contributed by atoms with E-state index in [2.05, 4.69) is 0 Å². The molecule has 0 unspecified atom stereocenters. The van der Waals surface area contributed by atoms with Gasteiger partial charge >= 0.3 is 5.97 Å². The summed E-state index contributed by atoms with van der Waals surface area (Å²) in [5.41, 5.74) is -0.211. The van der Waals surface area contributed by atoms with Crippen molar-refractivity contribution >= 4 is 29.2 Å². The molecule has 0 atom stereocenters. The van der Waals surface area contributed by atoms with Crippen LogP contribution in [-0.4, -0.2) is 17.7 Å². The van der Waals surface area contributed by atoms with Gasteiger partial charge in [0.25, 0.3) is 0 Å². The molecule has 3 nitrogen and oxygen atoms in total. The first kappa shape index (κ1) is 12.5. The zero-order valence-corrected chi connectivity index (χ0v) is 10.6. The molecule has 1 N–H and O–H groups in total. The third kappa shape index (κ3) is 3.05. The predicted octanol–water partition coefficient (Wildman–Crippen LogP) is 3.63. The van der Waals surface area contributed by atoms with E-state index in [9.17, 15) is 4.79 Å². The normalized spacial score (nSPS) is 16.6. The number of halogens is 2. The monoisotopic (exact) mass is 274 g/mol. The molecule has 1 aromatic carbocycles. The van der Waals surface area contributed by atoms with E-state index in [-0.39, 0.29) is 11.8 Å². The Balaban J connectivity index is 1.98. The smallest absolute Gasteiger partial charge is 0.304 e. The Bertz CT molecular complexity index is 441. The molecule has 1 aliphatic carbocycles. The van der Waals surface area contributed by atoms with Gasteiger partial charge < -0.3 is 9.84 Å². The second-order valence-electron chi connectivity index (χ2n) is 4.41. The van der Waals surface area contributed by atoms with Crippen molar-refractivity contribution in [1.29, 1.82) is 0 Å². The number of benzene rings is 1. The zero-order chi connectivity index (χ0) is 12.5. The molecule has 0 aliphatic heterocycles. The fourth-order valence-corrected chi connectivity index (χ4v) is 2.04. The van der Waals surface area contributed by atoms with Gasteiger partial charge in [0.1, 0.15) is 10.8 Å². The SMILES string of the molecule is O=C(O)CC1(COc2cccc(Cl)c2Cl)CC1. The molecule has 5 heteroatoms. The van der Waals surface area contributed by atoms with E-state index in [0.29, 0.717) is 22.4 Å². The van der Waals surface area contributed by atoms with E-state index >= 15 is 0 Å². The second-order valence-corrected chi connectivity index (χ2v) is 5.20. The van der Waals surface area contributed by atoms with Gasteiger partial charge in [0.05, 0.1) is 18.1 Å². The topological polar surface area (TPSA) is 46.5 Å². The van der Waals surface area contributed by atoms with Crippen LogP contribution in [0.4, 0.5) is 0 Å². The van der Waals surface area contributed by atoms with Crippen LogP contribution in [0.1, 0.15) is 19.3 Å². The van der Waals surface area contributed by atoms with Crippen molar-refractivity contribution in [2.24, 2.45) is 5.41 Å². The van der Waals surface area contributed by atoms with E-state index in [1.165, 1.54) is 0 Å². The van der Waals surface area contributed by atoms with Crippen molar-refractivity contribution < 1.29 is 14.6 Å². The number of carboxylic acids is 1. The fourth-order valence-electron chi connectivity index (χ4n) is 1.70. The highest BCUT2D eigenvalue weighted by Crippen LogP contribution is 2.49. The molecule has 0 heterocycles. The molecule has 17 heavy (non-hydrogen) atoms. The summed E-state index contributed by atoms with van der Waals surface area (Å²) >= 11 is 11.8. The minimum Gasteiger partial charge on any atom is -0.491 e. The lowest BCUT2D eigenvalue weighted by atomic mass is 10.0. The Morgan fingerprint density at radius 3 is 2.71 bits per heavy atom. The van der Waals surface area contributed by atoms with Gasteiger partial charge in [-0.25, -0.2) is 0 Å². The minimum atomic E-state index is -0.789. The Labute approximate surface area is 109 Å². The van der Waals surface area contributed by atoms with Gasteiger partial charge in [0, 0.05) is 5.41 Å². The zero-order valence-electron chi connectivity index (χ0n) is 9.08. The number of aliphatic carboxylic acids is 1. The van der Waals surface area contributed by atoms with Crippen molar-refractivity contribution in [3.05, 3.63) is 28.2 Å². The average molecular weight is 275 g/mol. The Kier molecular flexibility index (Phi) is 3.50. The lowest BCUT2D eigenvalue weighted by Gasteiger charge is -2.15. The summed E-state index contributed by atoms with van der Waals surface area (Å²) in [7, 11) is 0. The Morgan fingerprint density at radius 1 is 1.41 bits per heavy atom. The van der Waals surface area contributed by atoms with Crippen molar-refractivity contribution in [1.82, 2.24) is 0 Å². The van der Waals surface area contributed by atoms with Gasteiger partial charge in [-0.05, 0) is 25.0 Å². The fraction of sp³-hybridized carbons (Fsp3) is 0.417. The first-order valence-corrected chi connectivity index (χ1v) is 6.07. The summed E-state index contributed by atoms with van der Waals surface area (Å²) in [6.45, 7) is 0.374. The van der Waals surface area contributed by atoms with Crippen LogP contribution in [0, 0.1) is 5.41 Å². The largest absolute Gasteiger partial charge is 0.491 e. The van der Waals surface area contributed by atoms with Crippen LogP contribution in [0.25, 0.3) is 0 Å². The van der Waals surface area contributed by atoms with E-state index < -0.39 is 5.97 Å². The molecule has 1 aromatic rings. The van der Waals surface area contributed by atoms with Crippen molar-refractivity contribution in [2.75, 3.05) is 6.61 Å². The quantitative estimate of drug-likeness (QED) is 0.892. The molecule has 1 fully saturated rings. The van der Waals surface area contributed by atoms with E-state index in [0.717, 1.165) is 12.8 Å². The number of carbonyl (C=O) groups is 1. The maximum atomic E-state index is 10.7. The molecule has 1 saturated carbocycles. The summed E-state index contributed by atoms with van der Waals surface area (Å²) in [6, 6.07) is 5.16. The number of rotatable bonds is 5. The van der Waals surface area contributed by atoms with Gasteiger partial charge in [-0.3, -0.25) is 4.79 Å². The van der Waals surface area contributed by atoms with Crippen molar-refractivity contribution in [2.45, 2.75) is 19.3 Å². The first-order valence-electron chi connectivity index (χ1n) is 5.31. The van der Waals surface area contributed by atoms with Crippen LogP contribution < -0.4 is 4.74 Å². The number of carboxylic acid groups (broad SMARTS) is 1. The third-order valence-corrected chi connectivity index (χ3v) is 3.73. The van der Waals surface area contributed by atoms with E-state index in [4.69, 9.17) is 33.0 Å². The van der Waals surface area contributed by atoms with Crippen LogP contribution in [0.2, 0.25) is 10.0 Å². The highest BCUT2D eigenvalue weighted by Gasteiger charge is 2.45. The second kappa shape index (κ2) is 4.75. The van der Waals surface area contributed by atoms with Crippen LogP contribution in [-0.2, 0) is 4.79 Å². The molecule has 0 spiro atoms. The molecule has 0 saturated heterocycles. The summed E-state index contributed by atoms with van der Waals surface area (Å²) in [5, 5.41) is 9.59. The molecule has 1 aliphatic rings. The van der Waals surface area contributed by atoms with Crippen molar-refractivity contribution in [3.8, 4) is 5.75 Å². The highest BCUT2D eigenvalue weighted by atomic mass is 35.5. The lowest BCUT2D eigenvalue weighted by Crippen LogP contribution is -2.17. The molecule has 2 rings (SSSR count). The van der Waals surface area contributed by atoms with Crippen LogP contribution in [0.3, 0.4) is 0 Å². The summed E-state index contributed by atoms with van der Waals surface area (Å²) < 4.78 is 5.57. The van der Waals surface area contributed by atoms with Crippen LogP contribution in [0.15, 0.2) is 18.2 Å². The summed E-state index contributed by atoms with van der Waals surface area (Å²) in [6.07, 6.45) is 1.92. The molecule has 0 bridgehead atoms. The first-order chi connectivity index (χ1) is 8.02. The van der Waals surface area contributed by atoms with Gasteiger partial charge in [-0.15, -0.1) is 0 Å². The molecule has 0 aromatic heterocycles. The maximum absolute atomic E-state index is 10.7. The Morgan fingerprint density at radius 2 is 2.12 bits per heavy atom. The number of hydrogen-bond acceptors (Lipinski definition) is 2. The predicted molar refractivity (Wildman–Crippen MR) is 65.9 cm³/mol. The highest BCUT2D eigenvalue weighted by molar-refractivity contribution is 6.42. The molecular formula is C12H12Cl2O3. The van der Waals surface area contributed by atoms with Crippen LogP contribution in [0.5, 0.6) is 5.75 Å². The van der Waals surface area contributed by atoms with Crippen molar-refractivity contribution in [3.63, 3.8) is 0 Å². The number of hydrogen-bond donors (Lipinski definition) is 1.